The number of carbonyl (C=O) groups is 2. The van der Waals surface area contributed by atoms with Crippen molar-refractivity contribution in [3.8, 4) is 0 Å². The first-order valence-electron chi connectivity index (χ1n) is 11.4. The van der Waals surface area contributed by atoms with Crippen LogP contribution in [0, 0.1) is 0 Å². The van der Waals surface area contributed by atoms with E-state index < -0.39 is 0 Å². The van der Waals surface area contributed by atoms with E-state index in [0.717, 1.165) is 20.1 Å². The Labute approximate surface area is 232 Å². The van der Waals surface area contributed by atoms with Crippen LogP contribution in [-0.4, -0.2) is 24.6 Å². The average molecular weight is 621 g/mol. The molecule has 0 saturated carbocycles. The Hall–Kier alpha value is -3.75. The third-order valence-electron chi connectivity index (χ3n) is 5.36. The van der Waals surface area contributed by atoms with Crippen LogP contribution in [0.1, 0.15) is 21.5 Å². The molecule has 6 nitrogen and oxygen atoms in total. The van der Waals surface area contributed by atoms with Gasteiger partial charge < -0.3 is 15.1 Å². The minimum Gasteiger partial charge on any atom is -0.386 e. The molecule has 0 fully saturated rings. The molecule has 8 heteroatoms. The van der Waals surface area contributed by atoms with Gasteiger partial charge in [0.25, 0.3) is 11.8 Å². The highest BCUT2D eigenvalue weighted by atomic mass is 79.9. The van der Waals surface area contributed by atoms with Crippen molar-refractivity contribution in [3.63, 3.8) is 0 Å². The number of anilines is 2. The first kappa shape index (κ1) is 26.3. The number of halogens is 2. The molecule has 0 aliphatic rings. The minimum atomic E-state index is -0.337. The number of nitrogens with one attached hydrogen (secondary N) is 1. The van der Waals surface area contributed by atoms with Crippen molar-refractivity contribution >= 4 is 61.3 Å². The number of para-hydroxylation sites is 2. The Balaban J connectivity index is 1.56. The van der Waals surface area contributed by atoms with Gasteiger partial charge >= 0.3 is 0 Å². The SMILES string of the molecule is O=C(Nc1ccccc1)c1ccccc1N(Cc1ccc(Br)cc1)C(=O)CON=Cc1ccc(Br)cc1. The normalized spacial score (nSPS) is 10.8. The number of amides is 2. The van der Waals surface area contributed by atoms with Crippen LogP contribution < -0.4 is 10.2 Å². The fourth-order valence-electron chi connectivity index (χ4n) is 3.52. The smallest absolute Gasteiger partial charge is 0.268 e. The maximum absolute atomic E-state index is 13.4. The number of hydrogen-bond acceptors (Lipinski definition) is 4. The molecular weight excluding hydrogens is 598 g/mol. The highest BCUT2D eigenvalue weighted by Gasteiger charge is 2.23. The van der Waals surface area contributed by atoms with Crippen molar-refractivity contribution in [1.82, 2.24) is 0 Å². The minimum absolute atomic E-state index is 0.252. The summed E-state index contributed by atoms with van der Waals surface area (Å²) in [6.45, 7) is -0.0419. The molecule has 4 rings (SSSR count). The highest BCUT2D eigenvalue weighted by molar-refractivity contribution is 9.10. The predicted octanol–water partition coefficient (Wildman–Crippen LogP) is 7.05. The summed E-state index contributed by atoms with van der Waals surface area (Å²) in [6, 6.07) is 31.4. The molecule has 0 aliphatic heterocycles. The van der Waals surface area contributed by atoms with Crippen LogP contribution in [-0.2, 0) is 16.2 Å². The van der Waals surface area contributed by atoms with Crippen LogP contribution in [0.2, 0.25) is 0 Å². The van der Waals surface area contributed by atoms with E-state index in [0.29, 0.717) is 16.9 Å². The molecule has 0 aromatic heterocycles. The van der Waals surface area contributed by atoms with Crippen molar-refractivity contribution in [2.75, 3.05) is 16.8 Å². The van der Waals surface area contributed by atoms with Crippen LogP contribution in [0.25, 0.3) is 0 Å². The van der Waals surface area contributed by atoms with Gasteiger partial charge in [-0.2, -0.15) is 0 Å². The lowest BCUT2D eigenvalue weighted by molar-refractivity contribution is -0.123. The fourth-order valence-corrected chi connectivity index (χ4v) is 4.05. The molecule has 0 saturated heterocycles. The van der Waals surface area contributed by atoms with Gasteiger partial charge in [-0.1, -0.05) is 91.6 Å². The quantitative estimate of drug-likeness (QED) is 0.161. The molecule has 2 amide bonds. The van der Waals surface area contributed by atoms with Crippen molar-refractivity contribution < 1.29 is 14.4 Å². The van der Waals surface area contributed by atoms with Gasteiger partial charge in [-0.05, 0) is 59.7 Å². The Morgan fingerprint density at radius 1 is 0.811 bits per heavy atom. The molecule has 0 radical (unpaired) electrons. The van der Waals surface area contributed by atoms with Crippen molar-refractivity contribution in [2.45, 2.75) is 6.54 Å². The predicted molar refractivity (Wildman–Crippen MR) is 154 cm³/mol. The summed E-state index contributed by atoms with van der Waals surface area (Å²) in [7, 11) is 0. The Kier molecular flexibility index (Phi) is 9.24. The number of rotatable bonds is 9. The van der Waals surface area contributed by atoms with Crippen LogP contribution in [0.15, 0.2) is 117 Å². The number of nitrogens with zero attached hydrogens (tertiary/aromatic N) is 2. The molecule has 0 bridgehead atoms. The molecule has 1 N–H and O–H groups in total. The van der Waals surface area contributed by atoms with Gasteiger partial charge in [-0.15, -0.1) is 0 Å². The van der Waals surface area contributed by atoms with Crippen LogP contribution in [0.3, 0.4) is 0 Å². The Bertz CT molecular complexity index is 1380. The van der Waals surface area contributed by atoms with Gasteiger partial charge in [0.15, 0.2) is 6.61 Å². The zero-order valence-corrected chi connectivity index (χ0v) is 22.9. The lowest BCUT2D eigenvalue weighted by Gasteiger charge is -2.25. The summed E-state index contributed by atoms with van der Waals surface area (Å²) in [6.07, 6.45) is 1.54. The van der Waals surface area contributed by atoms with Crippen LogP contribution >= 0.6 is 31.9 Å². The molecule has 0 spiro atoms. The average Bonchev–Trinajstić information content (AvgIpc) is 2.92. The summed E-state index contributed by atoms with van der Waals surface area (Å²) in [5, 5.41) is 6.84. The number of carbonyl (C=O) groups excluding carboxylic acids is 2. The lowest BCUT2D eigenvalue weighted by atomic mass is 10.1. The molecule has 0 unspecified atom stereocenters. The summed E-state index contributed by atoms with van der Waals surface area (Å²) >= 11 is 6.83. The van der Waals surface area contributed by atoms with E-state index in [1.807, 2.05) is 78.9 Å². The van der Waals surface area contributed by atoms with Gasteiger partial charge in [0.05, 0.1) is 24.0 Å². The first-order valence-corrected chi connectivity index (χ1v) is 13.0. The second kappa shape index (κ2) is 13.0. The summed E-state index contributed by atoms with van der Waals surface area (Å²) in [4.78, 5) is 33.5. The van der Waals surface area contributed by atoms with Gasteiger partial charge in [0.1, 0.15) is 0 Å². The second-order valence-electron chi connectivity index (χ2n) is 8.00. The van der Waals surface area contributed by atoms with E-state index >= 15 is 0 Å². The largest absolute Gasteiger partial charge is 0.386 e. The maximum Gasteiger partial charge on any atom is 0.268 e. The van der Waals surface area contributed by atoms with Crippen molar-refractivity contribution in [3.05, 3.63) is 129 Å². The maximum atomic E-state index is 13.4. The lowest BCUT2D eigenvalue weighted by Crippen LogP contribution is -2.34. The van der Waals surface area contributed by atoms with E-state index in [-0.39, 0.29) is 25.0 Å². The summed E-state index contributed by atoms with van der Waals surface area (Å²) in [5.41, 5.74) is 3.25. The molecule has 0 atom stereocenters. The molecule has 186 valence electrons. The third-order valence-corrected chi connectivity index (χ3v) is 6.42. The Morgan fingerprint density at radius 2 is 1.43 bits per heavy atom. The first-order chi connectivity index (χ1) is 18.0. The molecule has 0 aliphatic carbocycles. The second-order valence-corrected chi connectivity index (χ2v) is 9.83. The van der Waals surface area contributed by atoms with Gasteiger partial charge in [0, 0.05) is 14.6 Å². The summed E-state index contributed by atoms with van der Waals surface area (Å²) in [5.74, 6) is -0.652. The van der Waals surface area contributed by atoms with Gasteiger partial charge in [-0.3, -0.25) is 9.59 Å². The molecule has 4 aromatic rings. The van der Waals surface area contributed by atoms with E-state index in [4.69, 9.17) is 4.84 Å². The number of oxime groups is 1. The van der Waals surface area contributed by atoms with Gasteiger partial charge in [-0.25, -0.2) is 0 Å². The topological polar surface area (TPSA) is 71.0 Å². The van der Waals surface area contributed by atoms with Crippen molar-refractivity contribution in [1.29, 1.82) is 0 Å². The Morgan fingerprint density at radius 3 is 2.14 bits per heavy atom. The standard InChI is InChI=1S/C29H23Br2N3O3/c30-23-14-10-21(11-15-23)18-32-37-20-28(35)34(19-22-12-16-24(31)17-13-22)27-9-5-4-8-26(27)29(36)33-25-6-2-1-3-7-25/h1-18H,19-20H2,(H,33,36). The zero-order chi connectivity index (χ0) is 26.0. The highest BCUT2D eigenvalue weighted by Crippen LogP contribution is 2.25. The summed E-state index contributed by atoms with van der Waals surface area (Å²) < 4.78 is 1.89. The number of hydrogen-bond donors (Lipinski definition) is 1. The fraction of sp³-hybridized carbons (Fsp3) is 0.0690. The zero-order valence-electron chi connectivity index (χ0n) is 19.7. The number of benzene rings is 4. The van der Waals surface area contributed by atoms with E-state index in [1.165, 1.54) is 4.90 Å². The third kappa shape index (κ3) is 7.62. The molecule has 0 heterocycles. The molecule has 4 aromatic carbocycles. The molecular formula is C29H23Br2N3O3. The van der Waals surface area contributed by atoms with Crippen LogP contribution in [0.5, 0.6) is 0 Å². The monoisotopic (exact) mass is 619 g/mol. The van der Waals surface area contributed by atoms with Gasteiger partial charge in [0.2, 0.25) is 0 Å². The van der Waals surface area contributed by atoms with Crippen molar-refractivity contribution in [2.24, 2.45) is 5.16 Å². The van der Waals surface area contributed by atoms with E-state index in [2.05, 4.69) is 42.3 Å². The molecule has 37 heavy (non-hydrogen) atoms. The van der Waals surface area contributed by atoms with E-state index in [9.17, 15) is 9.59 Å². The van der Waals surface area contributed by atoms with Crippen LogP contribution in [0.4, 0.5) is 11.4 Å². The van der Waals surface area contributed by atoms with E-state index in [1.54, 1.807) is 30.5 Å².